The molecular weight excluding hydrogens is 344 g/mol. The normalized spacial score (nSPS) is 20.9. The number of nitriles is 1. The zero-order valence-electron chi connectivity index (χ0n) is 14.8. The topological polar surface area (TPSA) is 106 Å². The van der Waals surface area contributed by atoms with Crippen LogP contribution in [0.4, 0.5) is 5.69 Å². The minimum Gasteiger partial charge on any atom is -0.337 e. The van der Waals surface area contributed by atoms with E-state index in [4.69, 9.17) is 5.26 Å². The van der Waals surface area contributed by atoms with Crippen molar-refractivity contribution in [2.45, 2.75) is 25.2 Å². The molecule has 2 aliphatic rings. The number of piperidine rings is 1. The fourth-order valence-electron chi connectivity index (χ4n) is 4.11. The largest absolute Gasteiger partial charge is 0.337 e. The van der Waals surface area contributed by atoms with Crippen LogP contribution in [0, 0.1) is 18.3 Å². The number of aromatic amines is 1. The average Bonchev–Trinajstić information content (AvgIpc) is 2.93. The van der Waals surface area contributed by atoms with E-state index in [1.807, 2.05) is 30.3 Å². The predicted octanol–water partition coefficient (Wildman–Crippen LogP) is 1.68. The van der Waals surface area contributed by atoms with E-state index >= 15 is 0 Å². The minimum atomic E-state index is -0.751. The summed E-state index contributed by atoms with van der Waals surface area (Å²) in [4.78, 5) is 41.9. The second-order valence-electron chi connectivity index (χ2n) is 7.07. The Bertz CT molecular complexity index is 1070. The van der Waals surface area contributed by atoms with E-state index in [1.54, 1.807) is 11.8 Å². The van der Waals surface area contributed by atoms with Crippen molar-refractivity contribution in [2.24, 2.45) is 0 Å². The summed E-state index contributed by atoms with van der Waals surface area (Å²) in [5.74, 6) is -0.367. The van der Waals surface area contributed by atoms with Crippen molar-refractivity contribution in [2.75, 3.05) is 18.4 Å². The van der Waals surface area contributed by atoms with Gasteiger partial charge in [0.05, 0.1) is 11.0 Å². The van der Waals surface area contributed by atoms with Gasteiger partial charge in [0, 0.05) is 24.5 Å². The molecule has 3 heterocycles. The first-order chi connectivity index (χ1) is 13.0. The Morgan fingerprint density at radius 1 is 1.30 bits per heavy atom. The molecule has 1 fully saturated rings. The van der Waals surface area contributed by atoms with Crippen molar-refractivity contribution < 1.29 is 9.59 Å². The molecule has 2 aliphatic heterocycles. The van der Waals surface area contributed by atoms with Gasteiger partial charge in [-0.15, -0.1) is 0 Å². The van der Waals surface area contributed by atoms with Crippen LogP contribution in [0.5, 0.6) is 0 Å². The third kappa shape index (κ3) is 2.53. The molecule has 1 atom stereocenters. The van der Waals surface area contributed by atoms with E-state index in [1.165, 1.54) is 6.07 Å². The number of aromatic nitrogens is 1. The lowest BCUT2D eigenvalue weighted by molar-refractivity contribution is -0.122. The van der Waals surface area contributed by atoms with Gasteiger partial charge in [0.2, 0.25) is 5.91 Å². The number of rotatable bonds is 1. The van der Waals surface area contributed by atoms with Gasteiger partial charge in [-0.3, -0.25) is 14.4 Å². The number of likely N-dealkylation sites (tertiary alicyclic amines) is 1. The number of nitrogens with zero attached hydrogens (tertiary/aromatic N) is 2. The van der Waals surface area contributed by atoms with Gasteiger partial charge in [-0.05, 0) is 37.5 Å². The lowest BCUT2D eigenvalue weighted by atomic mass is 9.75. The Kier molecular flexibility index (Phi) is 3.84. The molecule has 2 amide bonds. The summed E-state index contributed by atoms with van der Waals surface area (Å²) in [5.41, 5.74) is 1.06. The number of fused-ring (bicyclic) bond motifs is 2. The molecule has 7 heteroatoms. The standard InChI is InChI=1S/C20H18N4O3/c1-12-14(9-13(10-21)17(25)22-12)18(26)24-8-4-7-20(11-24)15-5-2-3-6-16(15)23-19(20)27/h2-3,5-6,9H,4,7-8,11H2,1H3,(H,22,25)(H,23,27)/t20-/m1/s1. The van der Waals surface area contributed by atoms with Crippen molar-refractivity contribution >= 4 is 17.5 Å². The van der Waals surface area contributed by atoms with Gasteiger partial charge < -0.3 is 15.2 Å². The molecule has 2 aromatic rings. The van der Waals surface area contributed by atoms with Crippen LogP contribution in [-0.2, 0) is 10.2 Å². The van der Waals surface area contributed by atoms with Gasteiger partial charge in [0.1, 0.15) is 11.6 Å². The molecule has 0 bridgehead atoms. The molecule has 0 aliphatic carbocycles. The molecule has 1 aromatic carbocycles. The predicted molar refractivity (Wildman–Crippen MR) is 98.4 cm³/mol. The number of carbonyl (C=O) groups excluding carboxylic acids is 2. The van der Waals surface area contributed by atoms with E-state index in [9.17, 15) is 14.4 Å². The van der Waals surface area contributed by atoms with Crippen molar-refractivity contribution in [3.8, 4) is 6.07 Å². The highest BCUT2D eigenvalue weighted by Gasteiger charge is 2.50. The van der Waals surface area contributed by atoms with Gasteiger partial charge in [0.25, 0.3) is 11.5 Å². The van der Waals surface area contributed by atoms with Gasteiger partial charge in [-0.2, -0.15) is 5.26 Å². The van der Waals surface area contributed by atoms with E-state index in [0.717, 1.165) is 11.3 Å². The highest BCUT2D eigenvalue weighted by Crippen LogP contribution is 2.43. The summed E-state index contributed by atoms with van der Waals surface area (Å²) >= 11 is 0. The maximum absolute atomic E-state index is 13.1. The van der Waals surface area contributed by atoms with Crippen LogP contribution in [0.3, 0.4) is 0 Å². The Morgan fingerprint density at radius 2 is 2.07 bits per heavy atom. The smallest absolute Gasteiger partial charge is 0.266 e. The zero-order chi connectivity index (χ0) is 19.2. The SMILES string of the molecule is Cc1[nH]c(=O)c(C#N)cc1C(=O)N1CCC[C@]2(C1)C(=O)Nc1ccccc12. The minimum absolute atomic E-state index is 0.0860. The van der Waals surface area contributed by atoms with Crippen LogP contribution >= 0.6 is 0 Å². The number of hydrogen-bond acceptors (Lipinski definition) is 4. The number of aryl methyl sites for hydroxylation is 1. The molecule has 0 unspecified atom stereocenters. The fourth-order valence-corrected chi connectivity index (χ4v) is 4.11. The Morgan fingerprint density at radius 3 is 2.85 bits per heavy atom. The number of carbonyl (C=O) groups is 2. The maximum Gasteiger partial charge on any atom is 0.266 e. The summed E-state index contributed by atoms with van der Waals surface area (Å²) in [7, 11) is 0. The third-order valence-corrected chi connectivity index (χ3v) is 5.49. The molecule has 1 spiro atoms. The number of anilines is 1. The number of amides is 2. The van der Waals surface area contributed by atoms with Gasteiger partial charge >= 0.3 is 0 Å². The highest BCUT2D eigenvalue weighted by atomic mass is 16.2. The monoisotopic (exact) mass is 362 g/mol. The molecular formula is C20H18N4O3. The summed E-state index contributed by atoms with van der Waals surface area (Å²) in [6, 6.07) is 10.7. The summed E-state index contributed by atoms with van der Waals surface area (Å²) in [6.07, 6.45) is 1.37. The third-order valence-electron chi connectivity index (χ3n) is 5.49. The quantitative estimate of drug-likeness (QED) is 0.805. The van der Waals surface area contributed by atoms with E-state index in [2.05, 4.69) is 10.3 Å². The molecule has 27 heavy (non-hydrogen) atoms. The van der Waals surface area contributed by atoms with Crippen LogP contribution in [0.1, 0.15) is 40.0 Å². The maximum atomic E-state index is 13.1. The molecule has 1 aromatic heterocycles. The molecule has 136 valence electrons. The van der Waals surface area contributed by atoms with Crippen molar-refractivity contribution in [1.29, 1.82) is 5.26 Å². The Labute approximate surface area is 155 Å². The van der Waals surface area contributed by atoms with Crippen LogP contribution in [0.15, 0.2) is 35.1 Å². The lowest BCUT2D eigenvalue weighted by Crippen LogP contribution is -2.52. The number of benzene rings is 1. The number of pyridine rings is 1. The van der Waals surface area contributed by atoms with Crippen molar-refractivity contribution in [1.82, 2.24) is 9.88 Å². The first-order valence-electron chi connectivity index (χ1n) is 8.80. The Hall–Kier alpha value is -3.40. The number of hydrogen-bond donors (Lipinski definition) is 2. The molecule has 4 rings (SSSR count). The Balaban J connectivity index is 1.71. The summed E-state index contributed by atoms with van der Waals surface area (Å²) in [6.45, 7) is 2.43. The average molecular weight is 362 g/mol. The first-order valence-corrected chi connectivity index (χ1v) is 8.80. The molecule has 2 N–H and O–H groups in total. The van der Waals surface area contributed by atoms with Crippen LogP contribution < -0.4 is 10.9 Å². The van der Waals surface area contributed by atoms with Gasteiger partial charge in [-0.25, -0.2) is 0 Å². The second kappa shape index (κ2) is 6.09. The van der Waals surface area contributed by atoms with Crippen molar-refractivity contribution in [3.63, 3.8) is 0 Å². The molecule has 7 nitrogen and oxygen atoms in total. The highest BCUT2D eigenvalue weighted by molar-refractivity contribution is 6.07. The van der Waals surface area contributed by atoms with Gasteiger partial charge in [-0.1, -0.05) is 18.2 Å². The molecule has 0 saturated carbocycles. The second-order valence-corrected chi connectivity index (χ2v) is 7.07. The fraction of sp³-hybridized carbons (Fsp3) is 0.300. The first kappa shape index (κ1) is 17.0. The van der Waals surface area contributed by atoms with Crippen LogP contribution in [0.2, 0.25) is 0 Å². The zero-order valence-corrected chi connectivity index (χ0v) is 14.8. The van der Waals surface area contributed by atoms with Crippen LogP contribution in [-0.4, -0.2) is 34.8 Å². The number of para-hydroxylation sites is 1. The van der Waals surface area contributed by atoms with E-state index in [-0.39, 0.29) is 29.5 Å². The number of nitrogens with one attached hydrogen (secondary N) is 2. The lowest BCUT2D eigenvalue weighted by Gasteiger charge is -2.39. The molecule has 0 radical (unpaired) electrons. The summed E-state index contributed by atoms with van der Waals surface area (Å²) in [5, 5.41) is 12.0. The van der Waals surface area contributed by atoms with E-state index in [0.29, 0.717) is 25.1 Å². The summed E-state index contributed by atoms with van der Waals surface area (Å²) < 4.78 is 0. The van der Waals surface area contributed by atoms with Crippen LogP contribution in [0.25, 0.3) is 0 Å². The van der Waals surface area contributed by atoms with E-state index < -0.39 is 11.0 Å². The van der Waals surface area contributed by atoms with Gasteiger partial charge in [0.15, 0.2) is 0 Å². The molecule has 1 saturated heterocycles. The van der Waals surface area contributed by atoms with Crippen molar-refractivity contribution in [3.05, 3.63) is 63.1 Å². The number of H-pyrrole nitrogens is 1.